The van der Waals surface area contributed by atoms with Gasteiger partial charge in [-0.3, -0.25) is 0 Å². The molecule has 94 valence electrons. The van der Waals surface area contributed by atoms with Crippen LogP contribution in [0, 0.1) is 0 Å². The van der Waals surface area contributed by atoms with Crippen molar-refractivity contribution in [3.8, 4) is 0 Å². The molecule has 5 heteroatoms. The van der Waals surface area contributed by atoms with E-state index in [1.54, 1.807) is 0 Å². The van der Waals surface area contributed by atoms with Gasteiger partial charge in [-0.05, 0) is 45.8 Å². The second-order valence-electron chi connectivity index (χ2n) is 3.69. The van der Waals surface area contributed by atoms with E-state index >= 15 is 0 Å². The molecule has 2 rings (SSSR count). The molecule has 2 N–H and O–H groups in total. The third-order valence-corrected chi connectivity index (χ3v) is 4.06. The van der Waals surface area contributed by atoms with Crippen molar-refractivity contribution >= 4 is 49.1 Å². The van der Waals surface area contributed by atoms with E-state index in [1.165, 1.54) is 5.56 Å². The van der Waals surface area contributed by atoms with Crippen LogP contribution in [0.2, 0.25) is 5.02 Å². The van der Waals surface area contributed by atoms with Crippen LogP contribution in [0.1, 0.15) is 5.56 Å². The summed E-state index contributed by atoms with van der Waals surface area (Å²) in [5.74, 6) is 0. The number of anilines is 1. The molecule has 2 aromatic carbocycles. The summed E-state index contributed by atoms with van der Waals surface area (Å²) in [6.07, 6.45) is 0. The molecule has 0 saturated carbocycles. The van der Waals surface area contributed by atoms with E-state index in [4.69, 9.17) is 11.6 Å². The van der Waals surface area contributed by atoms with Crippen molar-refractivity contribution in [3.63, 3.8) is 0 Å². The smallest absolute Gasteiger partial charge is 0.0630 e. The van der Waals surface area contributed by atoms with Gasteiger partial charge in [-0.25, -0.2) is 5.43 Å². The first kappa shape index (κ1) is 13.9. The normalized spacial score (nSPS) is 10.4. The highest BCUT2D eigenvalue weighted by Crippen LogP contribution is 2.25. The van der Waals surface area contributed by atoms with Gasteiger partial charge in [-0.1, -0.05) is 45.7 Å². The average molecular weight is 391 g/mol. The summed E-state index contributed by atoms with van der Waals surface area (Å²) in [5, 5.41) is 0.707. The van der Waals surface area contributed by atoms with Crippen LogP contribution < -0.4 is 10.9 Å². The Hall–Kier alpha value is -0.550. The molecule has 0 aliphatic rings. The highest BCUT2D eigenvalue weighted by molar-refractivity contribution is 9.10. The van der Waals surface area contributed by atoms with Gasteiger partial charge in [0.25, 0.3) is 0 Å². The lowest BCUT2D eigenvalue weighted by molar-refractivity contribution is 0.797. The number of halogens is 3. The molecule has 0 fully saturated rings. The number of rotatable bonds is 4. The zero-order valence-electron chi connectivity index (χ0n) is 9.38. The van der Waals surface area contributed by atoms with Gasteiger partial charge in [0.15, 0.2) is 0 Å². The zero-order chi connectivity index (χ0) is 13.0. The minimum Gasteiger partial charge on any atom is -0.320 e. The maximum atomic E-state index is 5.88. The molecule has 0 aromatic heterocycles. The van der Waals surface area contributed by atoms with Crippen molar-refractivity contribution in [2.75, 3.05) is 5.43 Å². The Bertz CT molecular complexity index is 546. The van der Waals surface area contributed by atoms with E-state index in [0.29, 0.717) is 5.02 Å². The van der Waals surface area contributed by atoms with Crippen LogP contribution in [-0.2, 0) is 6.54 Å². The van der Waals surface area contributed by atoms with Gasteiger partial charge in [-0.2, -0.15) is 0 Å². The van der Waals surface area contributed by atoms with E-state index < -0.39 is 0 Å². The van der Waals surface area contributed by atoms with E-state index in [9.17, 15) is 0 Å². The fourth-order valence-corrected chi connectivity index (χ4v) is 2.67. The molecular formula is C13H11Br2ClN2. The first-order chi connectivity index (χ1) is 8.66. The molecule has 0 amide bonds. The average Bonchev–Trinajstić information content (AvgIpc) is 2.34. The Balaban J connectivity index is 1.95. The molecule has 18 heavy (non-hydrogen) atoms. The molecule has 2 aromatic rings. The van der Waals surface area contributed by atoms with Gasteiger partial charge in [-0.15, -0.1) is 0 Å². The Morgan fingerprint density at radius 3 is 2.50 bits per heavy atom. The molecule has 0 spiro atoms. The molecule has 0 atom stereocenters. The van der Waals surface area contributed by atoms with Crippen LogP contribution in [0.3, 0.4) is 0 Å². The van der Waals surface area contributed by atoms with Gasteiger partial charge in [0, 0.05) is 20.5 Å². The highest BCUT2D eigenvalue weighted by Gasteiger charge is 2.01. The minimum absolute atomic E-state index is 0.707. The van der Waals surface area contributed by atoms with Crippen molar-refractivity contribution < 1.29 is 0 Å². The predicted octanol–water partition coefficient (Wildman–Crippen LogP) is 4.98. The zero-order valence-corrected chi connectivity index (χ0v) is 13.3. The summed E-state index contributed by atoms with van der Waals surface area (Å²) in [4.78, 5) is 0. The third-order valence-electron chi connectivity index (χ3n) is 2.39. The largest absolute Gasteiger partial charge is 0.320 e. The topological polar surface area (TPSA) is 24.1 Å². The van der Waals surface area contributed by atoms with E-state index in [2.05, 4.69) is 48.8 Å². The van der Waals surface area contributed by atoms with Gasteiger partial charge >= 0.3 is 0 Å². The van der Waals surface area contributed by atoms with Crippen molar-refractivity contribution in [2.24, 2.45) is 0 Å². The van der Waals surface area contributed by atoms with Gasteiger partial charge in [0.05, 0.1) is 5.69 Å². The number of hydrogen-bond acceptors (Lipinski definition) is 2. The second kappa shape index (κ2) is 6.57. The summed E-state index contributed by atoms with van der Waals surface area (Å²) in [7, 11) is 0. The molecule has 0 heterocycles. The lowest BCUT2D eigenvalue weighted by atomic mass is 10.2. The molecule has 0 aliphatic carbocycles. The molecular weight excluding hydrogens is 379 g/mol. The Morgan fingerprint density at radius 1 is 1.00 bits per heavy atom. The summed E-state index contributed by atoms with van der Waals surface area (Å²) < 4.78 is 2.02. The van der Waals surface area contributed by atoms with Gasteiger partial charge in [0.1, 0.15) is 0 Å². The molecule has 0 saturated heterocycles. The van der Waals surface area contributed by atoms with Crippen LogP contribution >= 0.6 is 43.5 Å². The summed E-state index contributed by atoms with van der Waals surface area (Å²) in [5.41, 5.74) is 8.45. The first-order valence-corrected chi connectivity index (χ1v) is 7.30. The first-order valence-electron chi connectivity index (χ1n) is 5.34. The molecule has 2 nitrogen and oxygen atoms in total. The predicted molar refractivity (Wildman–Crippen MR) is 83.8 cm³/mol. The second-order valence-corrected chi connectivity index (χ2v) is 5.84. The summed E-state index contributed by atoms with van der Waals surface area (Å²) >= 11 is 12.8. The quantitative estimate of drug-likeness (QED) is 0.720. The third kappa shape index (κ3) is 3.72. The van der Waals surface area contributed by atoms with Crippen LogP contribution in [-0.4, -0.2) is 0 Å². The maximum absolute atomic E-state index is 5.88. The standard InChI is InChI=1S/C13H11Br2ClN2/c14-11-4-2-1-3-9(11)8-17-18-13-6-5-10(16)7-12(13)15/h1-7,17-18H,8H2. The van der Waals surface area contributed by atoms with Gasteiger partial charge < -0.3 is 5.43 Å². The molecule has 0 bridgehead atoms. The maximum Gasteiger partial charge on any atom is 0.0630 e. The van der Waals surface area contributed by atoms with Crippen molar-refractivity contribution in [3.05, 3.63) is 62.0 Å². The lowest BCUT2D eigenvalue weighted by Crippen LogP contribution is -2.21. The van der Waals surface area contributed by atoms with Crippen molar-refractivity contribution in [1.82, 2.24) is 5.43 Å². The van der Waals surface area contributed by atoms with E-state index in [-0.39, 0.29) is 0 Å². The van der Waals surface area contributed by atoms with E-state index in [0.717, 1.165) is 21.2 Å². The lowest BCUT2D eigenvalue weighted by Gasteiger charge is -2.11. The number of hydrogen-bond donors (Lipinski definition) is 2. The highest BCUT2D eigenvalue weighted by atomic mass is 79.9. The Kier molecular flexibility index (Phi) is 5.06. The number of nitrogens with one attached hydrogen (secondary N) is 2. The van der Waals surface area contributed by atoms with Crippen molar-refractivity contribution in [2.45, 2.75) is 6.54 Å². The summed E-state index contributed by atoms with van der Waals surface area (Å²) in [6.45, 7) is 0.719. The van der Waals surface area contributed by atoms with Crippen molar-refractivity contribution in [1.29, 1.82) is 0 Å². The monoisotopic (exact) mass is 388 g/mol. The SMILES string of the molecule is Clc1ccc(NNCc2ccccc2Br)c(Br)c1. The Labute approximate surface area is 128 Å². The molecule has 0 aliphatic heterocycles. The number of hydrazine groups is 1. The fourth-order valence-electron chi connectivity index (χ4n) is 1.47. The minimum atomic E-state index is 0.707. The molecule has 0 unspecified atom stereocenters. The van der Waals surface area contributed by atoms with Crippen LogP contribution in [0.5, 0.6) is 0 Å². The summed E-state index contributed by atoms with van der Waals surface area (Å²) in [6, 6.07) is 13.7. The molecule has 0 radical (unpaired) electrons. The fraction of sp³-hybridized carbons (Fsp3) is 0.0769. The number of benzene rings is 2. The Morgan fingerprint density at radius 2 is 1.78 bits per heavy atom. The van der Waals surface area contributed by atoms with E-state index in [1.807, 2.05) is 36.4 Å². The van der Waals surface area contributed by atoms with Crippen LogP contribution in [0.4, 0.5) is 5.69 Å². The van der Waals surface area contributed by atoms with Crippen LogP contribution in [0.25, 0.3) is 0 Å². The van der Waals surface area contributed by atoms with Gasteiger partial charge in [0.2, 0.25) is 0 Å². The van der Waals surface area contributed by atoms with Crippen LogP contribution in [0.15, 0.2) is 51.4 Å².